The van der Waals surface area contributed by atoms with Crippen LogP contribution in [0.15, 0.2) is 24.3 Å². The second-order valence-corrected chi connectivity index (χ2v) is 6.00. The summed E-state index contributed by atoms with van der Waals surface area (Å²) in [6, 6.07) is 8.32. The van der Waals surface area contributed by atoms with Gasteiger partial charge in [0.2, 0.25) is 0 Å². The van der Waals surface area contributed by atoms with Gasteiger partial charge in [-0.05, 0) is 26.0 Å². The van der Waals surface area contributed by atoms with Crippen molar-refractivity contribution in [1.82, 2.24) is 0 Å². The molecular formula is C14H18NOS+. The van der Waals surface area contributed by atoms with E-state index in [2.05, 4.69) is 29.3 Å². The van der Waals surface area contributed by atoms with E-state index >= 15 is 0 Å². The molecule has 17 heavy (non-hydrogen) atoms. The molecule has 0 radical (unpaired) electrons. The lowest BCUT2D eigenvalue weighted by atomic mass is 10.1. The van der Waals surface area contributed by atoms with Gasteiger partial charge in [0.1, 0.15) is 5.60 Å². The number of hydrogen-bond acceptors (Lipinski definition) is 2. The maximum Gasteiger partial charge on any atom is 0.159 e. The van der Waals surface area contributed by atoms with E-state index in [9.17, 15) is 5.11 Å². The number of quaternary nitrogens is 1. The van der Waals surface area contributed by atoms with E-state index in [0.717, 1.165) is 5.56 Å². The van der Waals surface area contributed by atoms with Crippen LogP contribution in [0.3, 0.4) is 0 Å². The Morgan fingerprint density at radius 2 is 2.06 bits per heavy atom. The average Bonchev–Trinajstić information content (AvgIpc) is 2.79. The van der Waals surface area contributed by atoms with Gasteiger partial charge >= 0.3 is 0 Å². The fourth-order valence-corrected chi connectivity index (χ4v) is 2.84. The van der Waals surface area contributed by atoms with E-state index in [1.54, 1.807) is 13.8 Å². The minimum absolute atomic E-state index is 0.547. The first-order valence-corrected chi connectivity index (χ1v) is 6.90. The second kappa shape index (κ2) is 5.14. The highest BCUT2D eigenvalue weighted by Gasteiger charge is 2.20. The van der Waals surface area contributed by atoms with Gasteiger partial charge in [0.25, 0.3) is 0 Å². The van der Waals surface area contributed by atoms with E-state index in [-0.39, 0.29) is 0 Å². The first-order chi connectivity index (χ1) is 8.04. The largest absolute Gasteiger partial charge is 0.378 e. The number of rotatable bonds is 1. The van der Waals surface area contributed by atoms with E-state index in [1.165, 1.54) is 17.9 Å². The van der Waals surface area contributed by atoms with Gasteiger partial charge in [-0.25, -0.2) is 0 Å². The van der Waals surface area contributed by atoms with Gasteiger partial charge in [0.05, 0.1) is 6.54 Å². The normalized spacial score (nSPS) is 19.8. The summed E-state index contributed by atoms with van der Waals surface area (Å²) in [6.45, 7) is 4.59. The molecule has 0 saturated carbocycles. The van der Waals surface area contributed by atoms with Crippen LogP contribution in [0.5, 0.6) is 0 Å². The third kappa shape index (κ3) is 3.78. The Kier molecular flexibility index (Phi) is 3.78. The van der Waals surface area contributed by atoms with Crippen LogP contribution in [0.1, 0.15) is 30.3 Å². The summed E-state index contributed by atoms with van der Waals surface area (Å²) in [5, 5.41) is 12.4. The van der Waals surface area contributed by atoms with Crippen LogP contribution in [-0.2, 0) is 0 Å². The molecule has 0 amide bonds. The number of aliphatic hydroxyl groups is 1. The Morgan fingerprint density at radius 1 is 1.35 bits per heavy atom. The zero-order chi connectivity index (χ0) is 12.3. The van der Waals surface area contributed by atoms with Crippen molar-refractivity contribution in [2.45, 2.75) is 24.8 Å². The molecular weight excluding hydrogens is 230 g/mol. The zero-order valence-corrected chi connectivity index (χ0v) is 11.1. The molecule has 1 unspecified atom stereocenters. The molecule has 1 aromatic rings. The molecule has 1 saturated heterocycles. The molecule has 2 rings (SSSR count). The smallest absolute Gasteiger partial charge is 0.159 e. The first kappa shape index (κ1) is 12.5. The van der Waals surface area contributed by atoms with Crippen LogP contribution in [0, 0.1) is 11.8 Å². The molecule has 90 valence electrons. The average molecular weight is 248 g/mol. The first-order valence-electron chi connectivity index (χ1n) is 5.85. The minimum atomic E-state index is -0.923. The molecule has 0 spiro atoms. The summed E-state index contributed by atoms with van der Waals surface area (Å²) in [5.74, 6) is 7.03. The van der Waals surface area contributed by atoms with Crippen LogP contribution >= 0.6 is 11.8 Å². The lowest BCUT2D eigenvalue weighted by Crippen LogP contribution is -2.81. The number of hydrogen-bond donors (Lipinski definition) is 2. The van der Waals surface area contributed by atoms with Gasteiger partial charge in [-0.15, -0.1) is 0 Å². The topological polar surface area (TPSA) is 36.8 Å². The molecule has 1 heterocycles. The predicted molar refractivity (Wildman–Crippen MR) is 71.6 cm³/mol. The molecule has 1 aliphatic rings. The minimum Gasteiger partial charge on any atom is -0.378 e. The van der Waals surface area contributed by atoms with Gasteiger partial charge in [-0.3, -0.25) is 0 Å². The fourth-order valence-electron chi connectivity index (χ4n) is 1.70. The van der Waals surface area contributed by atoms with Crippen LogP contribution < -0.4 is 5.32 Å². The Bertz CT molecular complexity index is 430. The van der Waals surface area contributed by atoms with Crippen LogP contribution in [0.4, 0.5) is 0 Å². The molecule has 1 fully saturated rings. The third-order valence-electron chi connectivity index (χ3n) is 2.55. The summed E-state index contributed by atoms with van der Waals surface area (Å²) in [6.07, 6.45) is 0. The van der Waals surface area contributed by atoms with E-state index in [0.29, 0.717) is 5.37 Å². The Labute approximate surface area is 107 Å². The van der Waals surface area contributed by atoms with Crippen molar-refractivity contribution in [1.29, 1.82) is 0 Å². The summed E-state index contributed by atoms with van der Waals surface area (Å²) in [4.78, 5) is 0. The lowest BCUT2D eigenvalue weighted by molar-refractivity contribution is -0.663. The fraction of sp³-hybridized carbons (Fsp3) is 0.429. The Balaban J connectivity index is 2.09. The van der Waals surface area contributed by atoms with Crippen molar-refractivity contribution in [2.75, 3.05) is 12.3 Å². The highest BCUT2D eigenvalue weighted by atomic mass is 32.2. The van der Waals surface area contributed by atoms with Crippen molar-refractivity contribution in [3.05, 3.63) is 35.4 Å². The van der Waals surface area contributed by atoms with E-state index in [1.807, 2.05) is 23.9 Å². The highest BCUT2D eigenvalue weighted by Crippen LogP contribution is 2.24. The maximum absolute atomic E-state index is 9.52. The van der Waals surface area contributed by atoms with Crippen LogP contribution in [0.25, 0.3) is 0 Å². The lowest BCUT2D eigenvalue weighted by Gasteiger charge is -2.07. The summed E-state index contributed by atoms with van der Waals surface area (Å²) < 4.78 is 0. The SMILES string of the molecule is CC(C)(O)C#Cc1ccc(C2[NH2+]CCS2)cc1. The van der Waals surface area contributed by atoms with Gasteiger partial charge in [0.15, 0.2) is 5.37 Å². The predicted octanol–water partition coefficient (Wildman–Crippen LogP) is 1.12. The number of thioether (sulfide) groups is 1. The van der Waals surface area contributed by atoms with E-state index < -0.39 is 5.60 Å². The molecule has 2 nitrogen and oxygen atoms in total. The van der Waals surface area contributed by atoms with Gasteiger partial charge in [-0.2, -0.15) is 0 Å². The standard InChI is InChI=1S/C14H17NOS/c1-14(2,16)8-7-11-3-5-12(6-4-11)13-15-9-10-17-13/h3-6,13,15-16H,9-10H2,1-2H3/p+1. The molecule has 0 bridgehead atoms. The number of nitrogens with two attached hydrogens (primary N) is 1. The van der Waals surface area contributed by atoms with Crippen molar-refractivity contribution < 1.29 is 10.4 Å². The summed E-state index contributed by atoms with van der Waals surface area (Å²) >= 11 is 1.99. The summed E-state index contributed by atoms with van der Waals surface area (Å²) in [5.41, 5.74) is 1.38. The van der Waals surface area contributed by atoms with Crippen molar-refractivity contribution >= 4 is 11.8 Å². The number of benzene rings is 1. The Hall–Kier alpha value is -0.950. The molecule has 1 atom stereocenters. The van der Waals surface area contributed by atoms with Gasteiger partial charge < -0.3 is 10.4 Å². The van der Waals surface area contributed by atoms with Crippen molar-refractivity contribution in [3.8, 4) is 11.8 Å². The third-order valence-corrected chi connectivity index (χ3v) is 3.84. The van der Waals surface area contributed by atoms with Crippen molar-refractivity contribution in [2.24, 2.45) is 0 Å². The van der Waals surface area contributed by atoms with E-state index in [4.69, 9.17) is 0 Å². The van der Waals surface area contributed by atoms with Gasteiger partial charge in [0, 0.05) is 16.9 Å². The van der Waals surface area contributed by atoms with Crippen LogP contribution in [-0.4, -0.2) is 23.0 Å². The van der Waals surface area contributed by atoms with Crippen LogP contribution in [0.2, 0.25) is 0 Å². The van der Waals surface area contributed by atoms with Gasteiger partial charge in [-0.1, -0.05) is 35.7 Å². The molecule has 0 aromatic heterocycles. The maximum atomic E-state index is 9.52. The molecule has 0 aliphatic carbocycles. The molecule has 1 aliphatic heterocycles. The zero-order valence-electron chi connectivity index (χ0n) is 10.2. The monoisotopic (exact) mass is 248 g/mol. The van der Waals surface area contributed by atoms with Crippen molar-refractivity contribution in [3.63, 3.8) is 0 Å². The molecule has 1 aromatic carbocycles. The summed E-state index contributed by atoms with van der Waals surface area (Å²) in [7, 11) is 0. The Morgan fingerprint density at radius 3 is 2.59 bits per heavy atom. The highest BCUT2D eigenvalue weighted by molar-refractivity contribution is 7.99. The second-order valence-electron chi connectivity index (χ2n) is 4.75. The quantitative estimate of drug-likeness (QED) is 0.731. The molecule has 3 heteroatoms. The molecule has 3 N–H and O–H groups in total.